The van der Waals surface area contributed by atoms with Crippen LogP contribution in [0.25, 0.3) is 16.2 Å². The van der Waals surface area contributed by atoms with Gasteiger partial charge in [0.05, 0.1) is 12.3 Å². The van der Waals surface area contributed by atoms with Crippen LogP contribution in [0.15, 0.2) is 29.6 Å². The fraction of sp³-hybridized carbons (Fsp3) is 0.200. The summed E-state index contributed by atoms with van der Waals surface area (Å²) >= 11 is 1.41. The van der Waals surface area contributed by atoms with Crippen LogP contribution in [0.5, 0.6) is 0 Å². The Morgan fingerprint density at radius 2 is 2.00 bits per heavy atom. The third-order valence-corrected chi connectivity index (χ3v) is 3.89. The highest BCUT2D eigenvalue weighted by molar-refractivity contribution is 7.15. The first-order valence-electron chi connectivity index (χ1n) is 7.23. The van der Waals surface area contributed by atoms with Gasteiger partial charge in [-0.2, -0.15) is 4.98 Å². The molecule has 0 saturated carbocycles. The van der Waals surface area contributed by atoms with Gasteiger partial charge in [-0.25, -0.2) is 9.31 Å². The largest absolute Gasteiger partial charge is 0.450 e. The molecule has 0 atom stereocenters. The predicted molar refractivity (Wildman–Crippen MR) is 91.2 cm³/mol. The molecule has 0 aliphatic heterocycles. The van der Waals surface area contributed by atoms with E-state index in [0.29, 0.717) is 4.96 Å². The van der Waals surface area contributed by atoms with Gasteiger partial charge in [0.1, 0.15) is 0 Å². The average molecular weight is 345 g/mol. The Labute approximate surface area is 141 Å². The van der Waals surface area contributed by atoms with Gasteiger partial charge in [-0.1, -0.05) is 12.1 Å². The van der Waals surface area contributed by atoms with E-state index in [-0.39, 0.29) is 18.5 Å². The molecule has 0 unspecified atom stereocenters. The zero-order chi connectivity index (χ0) is 17.1. The van der Waals surface area contributed by atoms with Crippen LogP contribution >= 0.6 is 11.3 Å². The van der Waals surface area contributed by atoms with Crippen molar-refractivity contribution in [1.29, 1.82) is 0 Å². The van der Waals surface area contributed by atoms with E-state index in [4.69, 9.17) is 4.74 Å². The number of ether oxygens (including phenoxy) is 1. The summed E-state index contributed by atoms with van der Waals surface area (Å²) in [5.41, 5.74) is 2.48. The Balaban J connectivity index is 1.85. The molecule has 8 nitrogen and oxygen atoms in total. The number of nitrogens with zero attached hydrogens (tertiary/aromatic N) is 3. The Kier molecular flexibility index (Phi) is 4.43. The van der Waals surface area contributed by atoms with Crippen molar-refractivity contribution >= 4 is 39.9 Å². The number of rotatable bonds is 4. The summed E-state index contributed by atoms with van der Waals surface area (Å²) in [6.45, 7) is 3.46. The number of hydrogen-bond donors (Lipinski definition) is 2. The number of aromatic nitrogens is 3. The second-order valence-corrected chi connectivity index (χ2v) is 5.69. The standard InChI is InChI=1S/C15H15N5O3S/c1-3-23-15(22)18-13-17-14-20(19-13)12(8-24-14)10-4-6-11(7-5-10)16-9(2)21/h4-8H,3H2,1-2H3,(H,16,21)(H,18,19,22). The number of hydrogen-bond acceptors (Lipinski definition) is 6. The molecular formula is C15H15N5O3S. The van der Waals surface area contributed by atoms with E-state index in [1.807, 2.05) is 29.6 Å². The van der Waals surface area contributed by atoms with E-state index in [9.17, 15) is 9.59 Å². The molecule has 1 aromatic carbocycles. The predicted octanol–water partition coefficient (Wildman–Crippen LogP) is 2.98. The fourth-order valence-corrected chi connectivity index (χ4v) is 2.95. The summed E-state index contributed by atoms with van der Waals surface area (Å²) in [6, 6.07) is 7.39. The minimum atomic E-state index is -0.586. The van der Waals surface area contributed by atoms with Crippen molar-refractivity contribution in [2.24, 2.45) is 0 Å². The smallest absolute Gasteiger partial charge is 0.414 e. The minimum absolute atomic E-state index is 0.119. The topological polar surface area (TPSA) is 97.6 Å². The highest BCUT2D eigenvalue weighted by Crippen LogP contribution is 2.27. The maximum Gasteiger partial charge on any atom is 0.414 e. The first kappa shape index (κ1) is 15.9. The lowest BCUT2D eigenvalue weighted by molar-refractivity contribution is -0.114. The molecule has 2 amide bonds. The molecule has 2 N–H and O–H groups in total. The maximum atomic E-state index is 11.4. The molecule has 24 heavy (non-hydrogen) atoms. The van der Waals surface area contributed by atoms with E-state index in [0.717, 1.165) is 16.9 Å². The number of carbonyl (C=O) groups excluding carboxylic acids is 2. The van der Waals surface area contributed by atoms with Gasteiger partial charge >= 0.3 is 6.09 Å². The molecule has 0 aliphatic rings. The van der Waals surface area contributed by atoms with Crippen molar-refractivity contribution in [3.8, 4) is 11.3 Å². The highest BCUT2D eigenvalue weighted by atomic mass is 32.1. The Bertz CT molecular complexity index is 884. The molecule has 2 heterocycles. The SMILES string of the molecule is CCOC(=O)Nc1nc2scc(-c3ccc(NC(C)=O)cc3)n2n1. The van der Waals surface area contributed by atoms with Crippen molar-refractivity contribution in [1.82, 2.24) is 14.6 Å². The van der Waals surface area contributed by atoms with Crippen molar-refractivity contribution in [2.75, 3.05) is 17.2 Å². The molecule has 2 aromatic heterocycles. The molecule has 3 rings (SSSR count). The average Bonchev–Trinajstić information content (AvgIpc) is 3.07. The number of anilines is 2. The molecule has 0 spiro atoms. The minimum Gasteiger partial charge on any atom is -0.450 e. The quantitative estimate of drug-likeness (QED) is 0.757. The summed E-state index contributed by atoms with van der Waals surface area (Å²) < 4.78 is 6.46. The van der Waals surface area contributed by atoms with Gasteiger partial charge in [-0.05, 0) is 19.1 Å². The van der Waals surface area contributed by atoms with Crippen LogP contribution in [0.4, 0.5) is 16.4 Å². The summed E-state index contributed by atoms with van der Waals surface area (Å²) in [5, 5.41) is 11.4. The number of carbonyl (C=O) groups is 2. The molecule has 9 heteroatoms. The molecule has 0 aliphatic carbocycles. The van der Waals surface area contributed by atoms with Crippen LogP contribution in [0.2, 0.25) is 0 Å². The molecular weight excluding hydrogens is 330 g/mol. The summed E-state index contributed by atoms with van der Waals surface area (Å²) in [4.78, 5) is 27.4. The van der Waals surface area contributed by atoms with Crippen LogP contribution < -0.4 is 10.6 Å². The lowest BCUT2D eigenvalue weighted by Crippen LogP contribution is -2.14. The van der Waals surface area contributed by atoms with Crippen LogP contribution in [0.3, 0.4) is 0 Å². The molecule has 0 saturated heterocycles. The van der Waals surface area contributed by atoms with Crippen LogP contribution in [0.1, 0.15) is 13.8 Å². The van der Waals surface area contributed by atoms with Crippen LogP contribution in [-0.2, 0) is 9.53 Å². The first-order chi connectivity index (χ1) is 11.6. The van der Waals surface area contributed by atoms with Gasteiger partial charge in [0.2, 0.25) is 10.9 Å². The van der Waals surface area contributed by atoms with Gasteiger partial charge in [0.15, 0.2) is 0 Å². The fourth-order valence-electron chi connectivity index (χ4n) is 2.12. The molecule has 3 aromatic rings. The summed E-state index contributed by atoms with van der Waals surface area (Å²) in [7, 11) is 0. The van der Waals surface area contributed by atoms with E-state index < -0.39 is 6.09 Å². The van der Waals surface area contributed by atoms with Crippen molar-refractivity contribution in [2.45, 2.75) is 13.8 Å². The van der Waals surface area contributed by atoms with E-state index in [1.54, 1.807) is 11.4 Å². The number of amides is 2. The van der Waals surface area contributed by atoms with Crippen LogP contribution in [0, 0.1) is 0 Å². The zero-order valence-corrected chi connectivity index (χ0v) is 13.9. The second kappa shape index (κ2) is 6.67. The second-order valence-electron chi connectivity index (χ2n) is 4.85. The lowest BCUT2D eigenvalue weighted by atomic mass is 10.1. The van der Waals surface area contributed by atoms with E-state index >= 15 is 0 Å². The van der Waals surface area contributed by atoms with Gasteiger partial charge < -0.3 is 10.1 Å². The lowest BCUT2D eigenvalue weighted by Gasteiger charge is -2.03. The Morgan fingerprint density at radius 1 is 1.25 bits per heavy atom. The van der Waals surface area contributed by atoms with E-state index in [1.165, 1.54) is 18.3 Å². The number of fused-ring (bicyclic) bond motifs is 1. The number of nitrogens with one attached hydrogen (secondary N) is 2. The third kappa shape index (κ3) is 3.35. The Hall–Kier alpha value is -2.94. The molecule has 0 fully saturated rings. The molecule has 0 bridgehead atoms. The maximum absolute atomic E-state index is 11.4. The van der Waals surface area contributed by atoms with Crippen molar-refractivity contribution < 1.29 is 14.3 Å². The van der Waals surface area contributed by atoms with Gasteiger partial charge in [0.25, 0.3) is 5.95 Å². The van der Waals surface area contributed by atoms with Gasteiger partial charge in [-0.3, -0.25) is 10.1 Å². The number of thiazole rings is 1. The monoisotopic (exact) mass is 345 g/mol. The molecule has 0 radical (unpaired) electrons. The van der Waals surface area contributed by atoms with Crippen LogP contribution in [-0.4, -0.2) is 33.2 Å². The zero-order valence-electron chi connectivity index (χ0n) is 13.1. The van der Waals surface area contributed by atoms with Crippen molar-refractivity contribution in [3.05, 3.63) is 29.6 Å². The third-order valence-electron chi connectivity index (χ3n) is 3.07. The normalized spacial score (nSPS) is 10.6. The molecule has 124 valence electrons. The number of benzene rings is 1. The van der Waals surface area contributed by atoms with E-state index in [2.05, 4.69) is 20.7 Å². The van der Waals surface area contributed by atoms with Crippen molar-refractivity contribution in [3.63, 3.8) is 0 Å². The van der Waals surface area contributed by atoms with Gasteiger partial charge in [0, 0.05) is 23.6 Å². The van der Waals surface area contributed by atoms with Gasteiger partial charge in [-0.15, -0.1) is 16.4 Å². The highest BCUT2D eigenvalue weighted by Gasteiger charge is 2.13. The summed E-state index contributed by atoms with van der Waals surface area (Å²) in [5.74, 6) is 0.0723. The summed E-state index contributed by atoms with van der Waals surface area (Å²) in [6.07, 6.45) is -0.586. The first-order valence-corrected chi connectivity index (χ1v) is 8.11. The Morgan fingerprint density at radius 3 is 2.67 bits per heavy atom.